The van der Waals surface area contributed by atoms with Crippen LogP contribution >= 0.6 is 11.6 Å². The van der Waals surface area contributed by atoms with Crippen molar-refractivity contribution in [3.05, 3.63) is 53.1 Å². The van der Waals surface area contributed by atoms with E-state index in [0.29, 0.717) is 36.9 Å². The maximum absolute atomic E-state index is 13.3. The predicted octanol–water partition coefficient (Wildman–Crippen LogP) is 2.26. The van der Waals surface area contributed by atoms with Gasteiger partial charge in [-0.15, -0.1) is 0 Å². The van der Waals surface area contributed by atoms with E-state index in [-0.39, 0.29) is 5.91 Å². The summed E-state index contributed by atoms with van der Waals surface area (Å²) in [5.41, 5.74) is -0.109. The van der Waals surface area contributed by atoms with Gasteiger partial charge in [0.15, 0.2) is 0 Å². The summed E-state index contributed by atoms with van der Waals surface area (Å²) in [5.74, 6) is 0.383. The lowest BCUT2D eigenvalue weighted by molar-refractivity contribution is -0.135. The van der Waals surface area contributed by atoms with Crippen molar-refractivity contribution in [1.29, 1.82) is 0 Å². The highest BCUT2D eigenvalue weighted by molar-refractivity contribution is 6.30. The minimum Gasteiger partial charge on any atom is -0.381 e. The Balaban J connectivity index is 1.79. The molecule has 3 amide bonds. The van der Waals surface area contributed by atoms with Gasteiger partial charge in [-0.3, -0.25) is 4.79 Å². The number of imide groups is 1. The fraction of sp³-hybridized carbons (Fsp3) is 0.389. The Morgan fingerprint density at radius 1 is 1.23 bits per heavy atom. The van der Waals surface area contributed by atoms with Gasteiger partial charge in [0.1, 0.15) is 17.4 Å². The summed E-state index contributed by atoms with van der Waals surface area (Å²) in [6, 6.07) is 6.10. The number of nitrogens with one attached hydrogen (secondary N) is 1. The van der Waals surface area contributed by atoms with Crippen LogP contribution < -0.4 is 5.32 Å². The highest BCUT2D eigenvalue weighted by atomic mass is 35.5. The van der Waals surface area contributed by atoms with Crippen LogP contribution in [-0.4, -0.2) is 45.1 Å². The molecular weight excluding hydrogens is 356 g/mol. The molecule has 1 spiro atoms. The van der Waals surface area contributed by atoms with E-state index < -0.39 is 17.6 Å². The van der Waals surface area contributed by atoms with Crippen LogP contribution in [0, 0.1) is 0 Å². The first-order valence-corrected chi connectivity index (χ1v) is 8.86. The van der Waals surface area contributed by atoms with Gasteiger partial charge in [-0.1, -0.05) is 23.7 Å². The minimum absolute atomic E-state index is 0.228. The van der Waals surface area contributed by atoms with Crippen molar-refractivity contribution in [3.8, 4) is 0 Å². The van der Waals surface area contributed by atoms with Crippen molar-refractivity contribution in [1.82, 2.24) is 19.8 Å². The smallest absolute Gasteiger partial charge is 0.326 e. The van der Waals surface area contributed by atoms with Crippen LogP contribution in [-0.2, 0) is 16.6 Å². The number of aromatic nitrogens is 2. The molecule has 7 nitrogen and oxygen atoms in total. The van der Waals surface area contributed by atoms with E-state index in [0.717, 1.165) is 5.56 Å². The molecule has 1 N–H and O–H groups in total. The van der Waals surface area contributed by atoms with Gasteiger partial charge in [0.2, 0.25) is 0 Å². The molecule has 26 heavy (non-hydrogen) atoms. The van der Waals surface area contributed by atoms with Crippen LogP contribution in [0.15, 0.2) is 36.7 Å². The Bertz CT molecular complexity index is 842. The highest BCUT2D eigenvalue weighted by Crippen LogP contribution is 2.36. The normalized spacial score (nSPS) is 20.5. The second kappa shape index (κ2) is 6.41. The van der Waals surface area contributed by atoms with E-state index in [2.05, 4.69) is 10.3 Å². The first-order chi connectivity index (χ1) is 12.5. The maximum atomic E-state index is 13.3. The second-order valence-electron chi connectivity index (χ2n) is 6.65. The van der Waals surface area contributed by atoms with Crippen molar-refractivity contribution in [2.24, 2.45) is 7.05 Å². The summed E-state index contributed by atoms with van der Waals surface area (Å²) in [6.07, 6.45) is 4.39. The molecule has 8 heteroatoms. The Morgan fingerprint density at radius 3 is 2.54 bits per heavy atom. The van der Waals surface area contributed by atoms with E-state index in [1.54, 1.807) is 24.5 Å². The molecule has 0 saturated carbocycles. The number of hydrogen-bond donors (Lipinski definition) is 1. The molecule has 2 aliphatic heterocycles. The first-order valence-electron chi connectivity index (χ1n) is 8.48. The third-order valence-electron chi connectivity index (χ3n) is 5.09. The van der Waals surface area contributed by atoms with Crippen LogP contribution in [0.2, 0.25) is 5.02 Å². The van der Waals surface area contributed by atoms with Crippen LogP contribution in [0.4, 0.5) is 4.79 Å². The second-order valence-corrected chi connectivity index (χ2v) is 7.09. The largest absolute Gasteiger partial charge is 0.381 e. The SMILES string of the molecule is Cn1ccnc1C(c1ccc(Cl)cc1)N1C(=O)NC2(CCOCC2)C1=O. The maximum Gasteiger partial charge on any atom is 0.326 e. The molecule has 0 radical (unpaired) electrons. The molecule has 2 saturated heterocycles. The number of halogens is 1. The minimum atomic E-state index is -0.884. The number of aryl methyl sites for hydroxylation is 1. The standard InChI is InChI=1S/C18H19ClN4O3/c1-22-9-8-20-15(22)14(12-2-4-13(19)5-3-12)23-16(24)18(21-17(23)25)6-10-26-11-7-18/h2-5,8-9,14H,6-7,10-11H2,1H3,(H,21,25). The molecule has 3 heterocycles. The number of nitrogens with zero attached hydrogens (tertiary/aromatic N) is 3. The van der Waals surface area contributed by atoms with Gasteiger partial charge in [0.25, 0.3) is 5.91 Å². The monoisotopic (exact) mass is 374 g/mol. The Labute approximate surface area is 155 Å². The number of ether oxygens (including phenoxy) is 1. The molecule has 1 atom stereocenters. The fourth-order valence-electron chi connectivity index (χ4n) is 3.63. The molecule has 0 aliphatic carbocycles. The van der Waals surface area contributed by atoms with E-state index in [1.807, 2.05) is 23.7 Å². The zero-order valence-corrected chi connectivity index (χ0v) is 15.1. The number of imidazole rings is 1. The Kier molecular flexibility index (Phi) is 4.20. The lowest BCUT2D eigenvalue weighted by Crippen LogP contribution is -2.51. The molecule has 4 rings (SSSR count). The number of carbonyl (C=O) groups is 2. The lowest BCUT2D eigenvalue weighted by atomic mass is 9.89. The lowest BCUT2D eigenvalue weighted by Gasteiger charge is -2.31. The fourth-order valence-corrected chi connectivity index (χ4v) is 3.76. The van der Waals surface area contributed by atoms with Gasteiger partial charge >= 0.3 is 6.03 Å². The van der Waals surface area contributed by atoms with E-state index in [9.17, 15) is 9.59 Å². The highest BCUT2D eigenvalue weighted by Gasteiger charge is 2.54. The summed E-state index contributed by atoms with van der Waals surface area (Å²) in [5, 5.41) is 3.49. The van der Waals surface area contributed by atoms with Gasteiger partial charge < -0.3 is 14.6 Å². The predicted molar refractivity (Wildman–Crippen MR) is 94.7 cm³/mol. The van der Waals surface area contributed by atoms with Crippen LogP contribution in [0.5, 0.6) is 0 Å². The summed E-state index contributed by atoms with van der Waals surface area (Å²) in [7, 11) is 1.84. The van der Waals surface area contributed by atoms with Gasteiger partial charge in [0.05, 0.1) is 0 Å². The molecule has 1 aromatic carbocycles. The molecule has 2 aromatic rings. The van der Waals surface area contributed by atoms with Crippen LogP contribution in [0.3, 0.4) is 0 Å². The van der Waals surface area contributed by atoms with Crippen molar-refractivity contribution in [2.45, 2.75) is 24.4 Å². The van der Waals surface area contributed by atoms with Crippen LogP contribution in [0.1, 0.15) is 30.3 Å². The summed E-state index contributed by atoms with van der Waals surface area (Å²) < 4.78 is 7.19. The van der Waals surface area contributed by atoms with Crippen LogP contribution in [0.25, 0.3) is 0 Å². The molecule has 1 unspecified atom stereocenters. The van der Waals surface area contributed by atoms with Crippen molar-refractivity contribution in [2.75, 3.05) is 13.2 Å². The molecule has 136 valence electrons. The van der Waals surface area contributed by atoms with E-state index in [4.69, 9.17) is 16.3 Å². The number of rotatable bonds is 3. The number of carbonyl (C=O) groups excluding carboxylic acids is 2. The quantitative estimate of drug-likeness (QED) is 0.836. The number of benzene rings is 1. The summed E-state index contributed by atoms with van der Waals surface area (Å²) in [6.45, 7) is 0.905. The molecule has 1 aromatic heterocycles. The Morgan fingerprint density at radius 2 is 1.92 bits per heavy atom. The molecule has 0 bridgehead atoms. The van der Waals surface area contributed by atoms with Crippen molar-refractivity contribution >= 4 is 23.5 Å². The molecule has 2 aliphatic rings. The van der Waals surface area contributed by atoms with E-state index >= 15 is 0 Å². The van der Waals surface area contributed by atoms with Crippen molar-refractivity contribution < 1.29 is 14.3 Å². The summed E-state index contributed by atoms with van der Waals surface area (Å²) >= 11 is 6.01. The number of hydrogen-bond acceptors (Lipinski definition) is 4. The average Bonchev–Trinajstić information content (AvgIpc) is 3.15. The Hall–Kier alpha value is -2.38. The number of urea groups is 1. The number of amides is 3. The molecule has 2 fully saturated rings. The first kappa shape index (κ1) is 17.1. The zero-order valence-electron chi connectivity index (χ0n) is 14.3. The third-order valence-corrected chi connectivity index (χ3v) is 5.34. The van der Waals surface area contributed by atoms with Gasteiger partial charge in [0, 0.05) is 50.5 Å². The van der Waals surface area contributed by atoms with Gasteiger partial charge in [-0.2, -0.15) is 0 Å². The topological polar surface area (TPSA) is 76.5 Å². The zero-order chi connectivity index (χ0) is 18.3. The van der Waals surface area contributed by atoms with E-state index in [1.165, 1.54) is 4.90 Å². The third kappa shape index (κ3) is 2.68. The summed E-state index contributed by atoms with van der Waals surface area (Å²) in [4.78, 5) is 31.8. The molecular formula is C18H19ClN4O3. The van der Waals surface area contributed by atoms with Crippen molar-refractivity contribution in [3.63, 3.8) is 0 Å². The van der Waals surface area contributed by atoms with Gasteiger partial charge in [-0.25, -0.2) is 14.7 Å². The van der Waals surface area contributed by atoms with Gasteiger partial charge in [-0.05, 0) is 17.7 Å². The average molecular weight is 375 g/mol.